The van der Waals surface area contributed by atoms with Crippen LogP contribution in [0.3, 0.4) is 0 Å². The van der Waals surface area contributed by atoms with Crippen LogP contribution in [0.5, 0.6) is 0 Å². The Morgan fingerprint density at radius 2 is 2.05 bits per heavy atom. The van der Waals surface area contributed by atoms with Crippen LogP contribution in [0, 0.1) is 11.8 Å². The summed E-state index contributed by atoms with van der Waals surface area (Å²) in [5, 5.41) is 13.2. The molecule has 3 rings (SSSR count). The summed E-state index contributed by atoms with van der Waals surface area (Å²) in [5.74, 6) is -1.88. The SMILES string of the molecule is CN(Cc1cnn(-c2ccccc2)c1)C(=O)[C@@H]1C[C@H]1C(=O)O. The highest BCUT2D eigenvalue weighted by atomic mass is 16.4. The quantitative estimate of drug-likeness (QED) is 0.909. The van der Waals surface area contributed by atoms with Gasteiger partial charge >= 0.3 is 5.97 Å². The minimum Gasteiger partial charge on any atom is -0.481 e. The second kappa shape index (κ2) is 5.63. The zero-order valence-corrected chi connectivity index (χ0v) is 12.2. The van der Waals surface area contributed by atoms with Crippen molar-refractivity contribution >= 4 is 11.9 Å². The summed E-state index contributed by atoms with van der Waals surface area (Å²) in [6, 6.07) is 9.71. The highest BCUT2D eigenvalue weighted by Crippen LogP contribution is 2.40. The fourth-order valence-corrected chi connectivity index (χ4v) is 2.54. The Bertz CT molecular complexity index is 696. The Morgan fingerprint density at radius 3 is 2.68 bits per heavy atom. The molecule has 114 valence electrons. The molecule has 2 atom stereocenters. The first kappa shape index (κ1) is 14.3. The van der Waals surface area contributed by atoms with Crippen LogP contribution in [-0.4, -0.2) is 38.7 Å². The molecule has 1 aliphatic carbocycles. The Balaban J connectivity index is 1.63. The van der Waals surface area contributed by atoms with E-state index in [0.717, 1.165) is 11.3 Å². The molecule has 1 fully saturated rings. The third kappa shape index (κ3) is 2.86. The highest BCUT2D eigenvalue weighted by molar-refractivity contribution is 5.89. The van der Waals surface area contributed by atoms with Crippen LogP contribution in [0.2, 0.25) is 0 Å². The van der Waals surface area contributed by atoms with Gasteiger partial charge in [0.05, 0.1) is 23.7 Å². The van der Waals surface area contributed by atoms with Crippen molar-refractivity contribution in [2.24, 2.45) is 11.8 Å². The largest absolute Gasteiger partial charge is 0.481 e. The van der Waals surface area contributed by atoms with Gasteiger partial charge in [0.25, 0.3) is 0 Å². The van der Waals surface area contributed by atoms with Crippen molar-refractivity contribution in [3.8, 4) is 5.69 Å². The molecule has 1 aromatic carbocycles. The number of carboxylic acid groups (broad SMARTS) is 1. The third-order valence-corrected chi connectivity index (χ3v) is 3.88. The monoisotopic (exact) mass is 299 g/mol. The minimum atomic E-state index is -0.886. The van der Waals surface area contributed by atoms with Crippen molar-refractivity contribution < 1.29 is 14.7 Å². The van der Waals surface area contributed by atoms with Gasteiger partial charge in [0.1, 0.15) is 0 Å². The number of para-hydroxylation sites is 1. The minimum absolute atomic E-state index is 0.111. The van der Waals surface area contributed by atoms with Gasteiger partial charge in [-0.3, -0.25) is 9.59 Å². The van der Waals surface area contributed by atoms with E-state index < -0.39 is 11.9 Å². The summed E-state index contributed by atoms with van der Waals surface area (Å²) in [6.45, 7) is 0.425. The van der Waals surface area contributed by atoms with Crippen LogP contribution < -0.4 is 0 Å². The molecule has 0 aliphatic heterocycles. The first-order chi connectivity index (χ1) is 10.6. The zero-order valence-electron chi connectivity index (χ0n) is 12.2. The summed E-state index contributed by atoms with van der Waals surface area (Å²) in [4.78, 5) is 24.5. The highest BCUT2D eigenvalue weighted by Gasteiger charge is 2.49. The molecule has 6 nitrogen and oxygen atoms in total. The maximum Gasteiger partial charge on any atom is 0.307 e. The van der Waals surface area contributed by atoms with Gasteiger partial charge in [0.15, 0.2) is 0 Å². The number of hydrogen-bond donors (Lipinski definition) is 1. The number of carbonyl (C=O) groups is 2. The lowest BCUT2D eigenvalue weighted by Crippen LogP contribution is -2.28. The summed E-state index contributed by atoms with van der Waals surface area (Å²) in [6.07, 6.45) is 4.04. The van der Waals surface area contributed by atoms with E-state index in [1.807, 2.05) is 36.5 Å². The Labute approximate surface area is 128 Å². The van der Waals surface area contributed by atoms with E-state index in [1.54, 1.807) is 22.8 Å². The second-order valence-electron chi connectivity index (χ2n) is 5.61. The van der Waals surface area contributed by atoms with Gasteiger partial charge in [-0.1, -0.05) is 18.2 Å². The summed E-state index contributed by atoms with van der Waals surface area (Å²) in [7, 11) is 1.69. The maximum atomic E-state index is 12.1. The van der Waals surface area contributed by atoms with E-state index in [2.05, 4.69) is 5.10 Å². The van der Waals surface area contributed by atoms with E-state index in [0.29, 0.717) is 13.0 Å². The van der Waals surface area contributed by atoms with Crippen molar-refractivity contribution in [2.75, 3.05) is 7.05 Å². The number of carboxylic acids is 1. The molecule has 1 aliphatic rings. The third-order valence-electron chi connectivity index (χ3n) is 3.88. The average Bonchev–Trinajstić information content (AvgIpc) is 3.20. The van der Waals surface area contributed by atoms with Gasteiger partial charge in [0, 0.05) is 25.4 Å². The van der Waals surface area contributed by atoms with Crippen molar-refractivity contribution in [2.45, 2.75) is 13.0 Å². The molecule has 1 heterocycles. The number of hydrogen-bond acceptors (Lipinski definition) is 3. The van der Waals surface area contributed by atoms with Crippen molar-refractivity contribution in [3.63, 3.8) is 0 Å². The van der Waals surface area contributed by atoms with E-state index in [-0.39, 0.29) is 11.8 Å². The number of carbonyl (C=O) groups excluding carboxylic acids is 1. The molecule has 2 aromatic rings. The van der Waals surface area contributed by atoms with Crippen LogP contribution in [-0.2, 0) is 16.1 Å². The Kier molecular flexibility index (Phi) is 3.66. The first-order valence-corrected chi connectivity index (χ1v) is 7.13. The molecular weight excluding hydrogens is 282 g/mol. The number of aliphatic carboxylic acids is 1. The summed E-state index contributed by atoms with van der Waals surface area (Å²) < 4.78 is 1.75. The Hall–Kier alpha value is -2.63. The van der Waals surface area contributed by atoms with Crippen molar-refractivity contribution in [3.05, 3.63) is 48.3 Å². The predicted molar refractivity (Wildman–Crippen MR) is 79.3 cm³/mol. The zero-order chi connectivity index (χ0) is 15.7. The van der Waals surface area contributed by atoms with Crippen LogP contribution in [0.25, 0.3) is 5.69 Å². The molecule has 1 amide bonds. The normalized spacial score (nSPS) is 19.7. The molecule has 22 heavy (non-hydrogen) atoms. The molecule has 0 spiro atoms. The molecule has 1 saturated carbocycles. The number of aromatic nitrogens is 2. The van der Waals surface area contributed by atoms with E-state index in [1.165, 1.54) is 0 Å². The van der Waals surface area contributed by atoms with Gasteiger partial charge < -0.3 is 10.0 Å². The number of amides is 1. The average molecular weight is 299 g/mol. The lowest BCUT2D eigenvalue weighted by Gasteiger charge is -2.15. The fraction of sp³-hybridized carbons (Fsp3) is 0.312. The number of rotatable bonds is 5. The van der Waals surface area contributed by atoms with Crippen LogP contribution in [0.1, 0.15) is 12.0 Å². The summed E-state index contributed by atoms with van der Waals surface area (Å²) in [5.41, 5.74) is 1.86. The van der Waals surface area contributed by atoms with Crippen molar-refractivity contribution in [1.82, 2.24) is 14.7 Å². The fourth-order valence-electron chi connectivity index (χ4n) is 2.54. The van der Waals surface area contributed by atoms with Crippen LogP contribution in [0.15, 0.2) is 42.7 Å². The van der Waals surface area contributed by atoms with Gasteiger partial charge in [-0.2, -0.15) is 5.10 Å². The van der Waals surface area contributed by atoms with Crippen molar-refractivity contribution in [1.29, 1.82) is 0 Å². The van der Waals surface area contributed by atoms with Gasteiger partial charge in [-0.05, 0) is 18.6 Å². The molecule has 0 bridgehead atoms. The summed E-state index contributed by atoms with van der Waals surface area (Å²) >= 11 is 0. The van der Waals surface area contributed by atoms with Crippen LogP contribution in [0.4, 0.5) is 0 Å². The first-order valence-electron chi connectivity index (χ1n) is 7.13. The van der Waals surface area contributed by atoms with Gasteiger partial charge in [-0.15, -0.1) is 0 Å². The molecule has 0 radical (unpaired) electrons. The lowest BCUT2D eigenvalue weighted by molar-refractivity contribution is -0.141. The maximum absolute atomic E-state index is 12.1. The molecule has 1 N–H and O–H groups in total. The molecule has 0 unspecified atom stereocenters. The van der Waals surface area contributed by atoms with E-state index in [4.69, 9.17) is 5.11 Å². The smallest absolute Gasteiger partial charge is 0.307 e. The Morgan fingerprint density at radius 1 is 1.32 bits per heavy atom. The topological polar surface area (TPSA) is 75.4 Å². The molecule has 1 aromatic heterocycles. The van der Waals surface area contributed by atoms with E-state index >= 15 is 0 Å². The lowest BCUT2D eigenvalue weighted by atomic mass is 10.2. The second-order valence-corrected chi connectivity index (χ2v) is 5.61. The number of nitrogens with zero attached hydrogens (tertiary/aromatic N) is 3. The molecule has 0 saturated heterocycles. The van der Waals surface area contributed by atoms with Gasteiger partial charge in [-0.25, -0.2) is 4.68 Å². The molecular formula is C16H17N3O3. The van der Waals surface area contributed by atoms with Gasteiger partial charge in [0.2, 0.25) is 5.91 Å². The standard InChI is InChI=1S/C16H17N3O3/c1-18(15(20)13-7-14(13)16(21)22)9-11-8-17-19(10-11)12-5-3-2-4-6-12/h2-6,8,10,13-14H,7,9H2,1H3,(H,21,22)/t13-,14-/m1/s1. The molecule has 6 heteroatoms. The van der Waals surface area contributed by atoms with Crippen LogP contribution >= 0.6 is 0 Å². The predicted octanol–water partition coefficient (Wildman–Crippen LogP) is 1.55. The number of benzene rings is 1. The van der Waals surface area contributed by atoms with E-state index in [9.17, 15) is 9.59 Å².